The molecule has 238 valence electrons. The minimum absolute atomic E-state index is 0.0389. The highest BCUT2D eigenvalue weighted by molar-refractivity contribution is 7.90. The molecule has 2 rings (SSSR count). The van der Waals surface area contributed by atoms with E-state index in [2.05, 4.69) is 6.92 Å². The van der Waals surface area contributed by atoms with Crippen LogP contribution in [0.25, 0.3) is 11.1 Å². The van der Waals surface area contributed by atoms with Crippen LogP contribution in [-0.4, -0.2) is 72.0 Å². The van der Waals surface area contributed by atoms with Gasteiger partial charge in [0.15, 0.2) is 21.5 Å². The van der Waals surface area contributed by atoms with Gasteiger partial charge in [-0.15, -0.1) is 0 Å². The lowest BCUT2D eigenvalue weighted by Gasteiger charge is -2.24. The van der Waals surface area contributed by atoms with Crippen molar-refractivity contribution in [3.05, 3.63) is 65.2 Å². The molecule has 0 unspecified atom stereocenters. The largest absolute Gasteiger partial charge is 0.461 e. The van der Waals surface area contributed by atoms with Crippen molar-refractivity contribution in [2.45, 2.75) is 63.7 Å². The Bertz CT molecular complexity index is 1360. The lowest BCUT2D eigenvalue weighted by molar-refractivity contribution is -0.870. The number of carbonyl (C=O) groups is 2. The molecule has 7 nitrogen and oxygen atoms in total. The Morgan fingerprint density at radius 3 is 2.05 bits per heavy atom. The summed E-state index contributed by atoms with van der Waals surface area (Å²) < 4.78 is 64.4. The summed E-state index contributed by atoms with van der Waals surface area (Å²) in [5.74, 6) is -3.78. The fourth-order valence-corrected chi connectivity index (χ4v) is 5.19. The number of rotatable bonds is 17. The van der Waals surface area contributed by atoms with Crippen molar-refractivity contribution in [2.24, 2.45) is 5.92 Å². The van der Waals surface area contributed by atoms with Crippen molar-refractivity contribution in [2.75, 3.05) is 47.2 Å². The number of halogens is 2. The van der Waals surface area contributed by atoms with Crippen LogP contribution in [0.1, 0.15) is 69.9 Å². The summed E-state index contributed by atoms with van der Waals surface area (Å²) in [5, 5.41) is 0. The molecule has 0 aliphatic heterocycles. The quantitative estimate of drug-likeness (QED) is 0.0662. The molecule has 2 aromatic rings. The minimum atomic E-state index is -3.51. The highest BCUT2D eigenvalue weighted by Gasteiger charge is 2.26. The van der Waals surface area contributed by atoms with Crippen LogP contribution in [-0.2, 0) is 28.9 Å². The normalized spacial score (nSPS) is 13.3. The maximum absolute atomic E-state index is 14.4. The number of quaternary nitrogens is 1. The van der Waals surface area contributed by atoms with Crippen molar-refractivity contribution in [1.82, 2.24) is 0 Å². The molecule has 0 aliphatic carbocycles. The van der Waals surface area contributed by atoms with E-state index in [9.17, 15) is 26.8 Å². The molecule has 0 aromatic heterocycles. The number of benzene rings is 2. The molecule has 0 fully saturated rings. The van der Waals surface area contributed by atoms with E-state index in [0.717, 1.165) is 50.5 Å². The van der Waals surface area contributed by atoms with Crippen LogP contribution in [0.5, 0.6) is 0 Å². The third kappa shape index (κ3) is 11.8. The number of likely N-dealkylation sites (N-methyl/N-ethyl adjacent to an activating group) is 1. The Balaban J connectivity index is 2.61. The maximum Gasteiger partial charge on any atom is 0.339 e. The van der Waals surface area contributed by atoms with E-state index in [4.69, 9.17) is 9.47 Å². The molecule has 0 saturated carbocycles. The molecule has 2 aromatic carbocycles. The highest BCUT2D eigenvalue weighted by atomic mass is 32.2. The van der Waals surface area contributed by atoms with Gasteiger partial charge in [0.25, 0.3) is 0 Å². The van der Waals surface area contributed by atoms with Gasteiger partial charge >= 0.3 is 11.9 Å². The van der Waals surface area contributed by atoms with Gasteiger partial charge in [0.1, 0.15) is 19.8 Å². The predicted octanol–water partition coefficient (Wildman–Crippen LogP) is 6.46. The van der Waals surface area contributed by atoms with Gasteiger partial charge < -0.3 is 14.0 Å². The van der Waals surface area contributed by atoms with Gasteiger partial charge in [-0.2, -0.15) is 0 Å². The zero-order chi connectivity index (χ0) is 32.2. The third-order valence-electron chi connectivity index (χ3n) is 7.08. The van der Waals surface area contributed by atoms with Gasteiger partial charge in [-0.05, 0) is 48.2 Å². The first-order chi connectivity index (χ1) is 20.2. The summed E-state index contributed by atoms with van der Waals surface area (Å²) in [7, 11) is 2.29. The van der Waals surface area contributed by atoms with Crippen LogP contribution in [0.2, 0.25) is 0 Å². The summed E-state index contributed by atoms with van der Waals surface area (Å²) >= 11 is 0. The van der Waals surface area contributed by atoms with Crippen molar-refractivity contribution >= 4 is 32.9 Å². The standard InChI is InChI=1S/C33H46F2NO6S/c1-7-9-10-11-13-25(12-8-2)32(37)42-23-28(24-14-17-27(18-15-24)43(6,39)40)31(26-16-19-29(34)30(35)22-26)33(38)41-21-20-36(3,4)5/h14-19,22,25H,7-13,20-21,23H2,1-6H3/q+1/b31-28+/t25-/m1/s1. The minimum Gasteiger partial charge on any atom is -0.461 e. The molecular formula is C33H46F2NO6S+. The molecule has 0 heterocycles. The number of esters is 2. The highest BCUT2D eigenvalue weighted by Crippen LogP contribution is 2.31. The van der Waals surface area contributed by atoms with E-state index in [-0.39, 0.29) is 40.7 Å². The topological polar surface area (TPSA) is 86.7 Å². The molecule has 0 radical (unpaired) electrons. The first kappa shape index (κ1) is 36.1. The van der Waals surface area contributed by atoms with Crippen molar-refractivity contribution in [3.63, 3.8) is 0 Å². The van der Waals surface area contributed by atoms with Crippen molar-refractivity contribution in [1.29, 1.82) is 0 Å². The van der Waals surface area contributed by atoms with E-state index in [0.29, 0.717) is 29.4 Å². The molecule has 10 heteroatoms. The Labute approximate surface area is 255 Å². The Hall–Kier alpha value is -3.11. The Morgan fingerprint density at radius 1 is 0.837 bits per heavy atom. The maximum atomic E-state index is 14.4. The molecule has 0 amide bonds. The SMILES string of the molecule is CCCCCC[C@@H](CCC)C(=O)OC/C(=C(\C(=O)OCC[N+](C)(C)C)c1ccc(F)c(F)c1)c1ccc(S(C)(=O)=O)cc1. The summed E-state index contributed by atoms with van der Waals surface area (Å²) in [6.07, 6.45) is 7.26. The van der Waals surface area contributed by atoms with E-state index < -0.39 is 33.4 Å². The molecule has 0 spiro atoms. The molecule has 0 saturated heterocycles. The van der Waals surface area contributed by atoms with Gasteiger partial charge in [0.05, 0.1) is 37.5 Å². The lowest BCUT2D eigenvalue weighted by Crippen LogP contribution is -2.38. The van der Waals surface area contributed by atoms with E-state index in [1.54, 1.807) is 0 Å². The predicted molar refractivity (Wildman–Crippen MR) is 165 cm³/mol. The van der Waals surface area contributed by atoms with Crippen LogP contribution < -0.4 is 0 Å². The number of hydrogen-bond donors (Lipinski definition) is 0. The van der Waals surface area contributed by atoms with Gasteiger partial charge in [0.2, 0.25) is 0 Å². The summed E-state index contributed by atoms with van der Waals surface area (Å²) in [6.45, 7) is 4.29. The van der Waals surface area contributed by atoms with Crippen LogP contribution in [0.4, 0.5) is 8.78 Å². The number of carbonyl (C=O) groups excluding carboxylic acids is 2. The molecule has 0 N–H and O–H groups in total. The zero-order valence-electron chi connectivity index (χ0n) is 26.3. The Morgan fingerprint density at radius 2 is 1.49 bits per heavy atom. The molecule has 43 heavy (non-hydrogen) atoms. The molecule has 0 aliphatic rings. The van der Waals surface area contributed by atoms with E-state index >= 15 is 0 Å². The summed E-state index contributed by atoms with van der Waals surface area (Å²) in [4.78, 5) is 26.9. The number of nitrogens with zero attached hydrogens (tertiary/aromatic N) is 1. The van der Waals surface area contributed by atoms with Crippen LogP contribution in [0, 0.1) is 17.6 Å². The Kier molecular flexibility index (Phi) is 14.0. The number of hydrogen-bond acceptors (Lipinski definition) is 6. The van der Waals surface area contributed by atoms with Gasteiger partial charge in [0, 0.05) is 11.8 Å². The molecular weight excluding hydrogens is 576 g/mol. The average molecular weight is 623 g/mol. The first-order valence-electron chi connectivity index (χ1n) is 14.8. The van der Waals surface area contributed by atoms with E-state index in [1.807, 2.05) is 28.1 Å². The fraction of sp³-hybridized carbons (Fsp3) is 0.515. The number of sulfone groups is 1. The lowest BCUT2D eigenvalue weighted by atomic mass is 9.94. The number of ether oxygens (including phenoxy) is 2. The average Bonchev–Trinajstić information content (AvgIpc) is 2.93. The van der Waals surface area contributed by atoms with E-state index in [1.165, 1.54) is 30.3 Å². The first-order valence-corrected chi connectivity index (χ1v) is 16.7. The van der Waals surface area contributed by atoms with Gasteiger partial charge in [-0.3, -0.25) is 4.79 Å². The second-order valence-electron chi connectivity index (χ2n) is 11.9. The van der Waals surface area contributed by atoms with Crippen LogP contribution in [0.15, 0.2) is 47.4 Å². The monoisotopic (exact) mass is 622 g/mol. The number of unbranched alkanes of at least 4 members (excludes halogenated alkanes) is 3. The summed E-state index contributed by atoms with van der Waals surface area (Å²) in [5.41, 5.74) is 0.502. The van der Waals surface area contributed by atoms with Gasteiger partial charge in [-0.25, -0.2) is 22.0 Å². The van der Waals surface area contributed by atoms with Crippen molar-refractivity contribution < 1.29 is 40.7 Å². The second kappa shape index (κ2) is 16.7. The van der Waals surface area contributed by atoms with Crippen LogP contribution in [0.3, 0.4) is 0 Å². The molecule has 0 bridgehead atoms. The summed E-state index contributed by atoms with van der Waals surface area (Å²) in [6, 6.07) is 8.81. The third-order valence-corrected chi connectivity index (χ3v) is 8.20. The molecule has 1 atom stereocenters. The van der Waals surface area contributed by atoms with Gasteiger partial charge in [-0.1, -0.05) is 64.2 Å². The fourth-order valence-electron chi connectivity index (χ4n) is 4.56. The van der Waals surface area contributed by atoms with Crippen LogP contribution >= 0.6 is 0 Å². The zero-order valence-corrected chi connectivity index (χ0v) is 27.1. The second-order valence-corrected chi connectivity index (χ2v) is 13.9. The van der Waals surface area contributed by atoms with Crippen molar-refractivity contribution in [3.8, 4) is 0 Å². The smallest absolute Gasteiger partial charge is 0.339 e.